The molecule has 0 spiro atoms. The smallest absolute Gasteiger partial charge is 0.232 e. The zero-order chi connectivity index (χ0) is 21.1. The molecule has 1 fully saturated rings. The van der Waals surface area contributed by atoms with Gasteiger partial charge in [0.05, 0.1) is 34.2 Å². The molecule has 0 saturated carbocycles. The molecule has 3 heterocycles. The fourth-order valence-electron chi connectivity index (χ4n) is 3.31. The van der Waals surface area contributed by atoms with Crippen LogP contribution in [0.1, 0.15) is 18.1 Å². The average molecular weight is 423 g/mol. The first-order valence-corrected chi connectivity index (χ1v) is 9.88. The third-order valence-corrected chi connectivity index (χ3v) is 5.11. The predicted molar refractivity (Wildman–Crippen MR) is 114 cm³/mol. The van der Waals surface area contributed by atoms with Gasteiger partial charge in [0.15, 0.2) is 5.65 Å². The summed E-state index contributed by atoms with van der Waals surface area (Å²) in [5, 5.41) is 33.0. The van der Waals surface area contributed by atoms with Gasteiger partial charge in [-0.3, -0.25) is 0 Å². The van der Waals surface area contributed by atoms with Crippen molar-refractivity contribution in [2.24, 2.45) is 0 Å². The van der Waals surface area contributed by atoms with Gasteiger partial charge in [-0.1, -0.05) is 11.6 Å². The van der Waals surface area contributed by atoms with E-state index in [9.17, 15) is 10.5 Å². The fourth-order valence-corrected chi connectivity index (χ4v) is 3.58. The number of hydrogen-bond acceptors (Lipinski definition) is 9. The summed E-state index contributed by atoms with van der Waals surface area (Å²) in [6.07, 6.45) is 1.44. The summed E-state index contributed by atoms with van der Waals surface area (Å²) in [6, 6.07) is 7.72. The van der Waals surface area contributed by atoms with E-state index < -0.39 is 0 Å². The van der Waals surface area contributed by atoms with Gasteiger partial charge in [0.2, 0.25) is 11.9 Å². The maximum absolute atomic E-state index is 9.50. The first-order valence-electron chi connectivity index (χ1n) is 9.50. The van der Waals surface area contributed by atoms with Crippen molar-refractivity contribution in [3.63, 3.8) is 0 Å². The number of hydrogen-bond donors (Lipinski definition) is 3. The minimum atomic E-state index is 0.249. The van der Waals surface area contributed by atoms with E-state index in [1.165, 1.54) is 10.7 Å². The molecule has 10 nitrogen and oxygen atoms in total. The monoisotopic (exact) mass is 422 g/mol. The number of nitriles is 2. The van der Waals surface area contributed by atoms with Crippen LogP contribution in [0.3, 0.4) is 0 Å². The number of rotatable bonds is 5. The van der Waals surface area contributed by atoms with Crippen molar-refractivity contribution in [3.8, 4) is 12.1 Å². The molecule has 0 atom stereocenters. The Balaban J connectivity index is 1.77. The molecule has 11 heteroatoms. The molecule has 0 radical (unpaired) electrons. The van der Waals surface area contributed by atoms with Crippen LogP contribution in [0.2, 0.25) is 5.02 Å². The minimum Gasteiger partial charge on any atom is -0.368 e. The molecule has 3 N–H and O–H groups in total. The molecule has 2 aromatic heterocycles. The van der Waals surface area contributed by atoms with Crippen LogP contribution in [-0.4, -0.2) is 52.3 Å². The van der Waals surface area contributed by atoms with Gasteiger partial charge in [-0.2, -0.15) is 30.1 Å². The number of aromatic nitrogens is 4. The van der Waals surface area contributed by atoms with Crippen molar-refractivity contribution in [1.82, 2.24) is 24.9 Å². The van der Waals surface area contributed by atoms with E-state index in [0.29, 0.717) is 40.0 Å². The molecule has 1 aliphatic heterocycles. The number of halogens is 1. The third kappa shape index (κ3) is 3.66. The second-order valence-electron chi connectivity index (χ2n) is 6.64. The number of fused-ring (bicyclic) bond motifs is 1. The van der Waals surface area contributed by atoms with Crippen molar-refractivity contribution in [3.05, 3.63) is 34.5 Å². The highest BCUT2D eigenvalue weighted by Gasteiger charge is 2.19. The lowest BCUT2D eigenvalue weighted by Crippen LogP contribution is -2.43. The Morgan fingerprint density at radius 3 is 2.70 bits per heavy atom. The van der Waals surface area contributed by atoms with Crippen LogP contribution in [0.4, 0.5) is 23.3 Å². The Morgan fingerprint density at radius 1 is 1.20 bits per heavy atom. The third-order valence-electron chi connectivity index (χ3n) is 4.71. The Bertz CT molecular complexity index is 1170. The van der Waals surface area contributed by atoms with E-state index in [1.54, 1.807) is 12.1 Å². The summed E-state index contributed by atoms with van der Waals surface area (Å²) >= 11 is 6.70. The van der Waals surface area contributed by atoms with Gasteiger partial charge in [0.25, 0.3) is 0 Å². The first-order chi connectivity index (χ1) is 14.6. The summed E-state index contributed by atoms with van der Waals surface area (Å²) < 4.78 is 1.48. The standard InChI is InChI=1S/C19H19ClN10/c1-2-24-19-28-18(27-17-13(10-22)11-25-30(17)19)26-14-7-12(9-21)8-15(16(14)20)29-5-3-23-4-6-29/h7-8,11,23H,2-6H2,1H3,(H2,24,26,27,28). The SMILES string of the molecule is CCNc1nc(Nc2cc(C#N)cc(N3CCNCC3)c2Cl)nc2c(C#N)cnn12. The minimum absolute atomic E-state index is 0.249. The van der Waals surface area contributed by atoms with E-state index in [-0.39, 0.29) is 5.95 Å². The summed E-state index contributed by atoms with van der Waals surface area (Å²) in [5.41, 5.74) is 2.49. The maximum atomic E-state index is 9.50. The summed E-state index contributed by atoms with van der Waals surface area (Å²) in [6.45, 7) is 5.83. The van der Waals surface area contributed by atoms with Crippen molar-refractivity contribution in [2.45, 2.75) is 6.92 Å². The van der Waals surface area contributed by atoms with E-state index in [1.807, 2.05) is 6.92 Å². The molecule has 1 saturated heterocycles. The van der Waals surface area contributed by atoms with Gasteiger partial charge >= 0.3 is 0 Å². The van der Waals surface area contributed by atoms with Crippen molar-refractivity contribution in [2.75, 3.05) is 48.3 Å². The van der Waals surface area contributed by atoms with Crippen LogP contribution < -0.4 is 20.9 Å². The number of anilines is 4. The van der Waals surface area contributed by atoms with E-state index in [4.69, 9.17) is 11.6 Å². The Kier molecular flexibility index (Phi) is 5.53. The average Bonchev–Trinajstić information content (AvgIpc) is 3.19. The lowest BCUT2D eigenvalue weighted by Gasteiger charge is -2.30. The van der Waals surface area contributed by atoms with Crippen LogP contribution in [0.25, 0.3) is 5.65 Å². The number of piperazine rings is 1. The number of nitrogens with one attached hydrogen (secondary N) is 3. The van der Waals surface area contributed by atoms with Crippen molar-refractivity contribution in [1.29, 1.82) is 10.5 Å². The van der Waals surface area contributed by atoms with E-state index >= 15 is 0 Å². The zero-order valence-electron chi connectivity index (χ0n) is 16.3. The zero-order valence-corrected chi connectivity index (χ0v) is 17.0. The second-order valence-corrected chi connectivity index (χ2v) is 7.02. The lowest BCUT2D eigenvalue weighted by molar-refractivity contribution is 0.589. The van der Waals surface area contributed by atoms with Gasteiger partial charge in [-0.15, -0.1) is 0 Å². The predicted octanol–water partition coefficient (Wildman–Crippen LogP) is 2.11. The summed E-state index contributed by atoms with van der Waals surface area (Å²) in [4.78, 5) is 11.0. The van der Waals surface area contributed by atoms with Crippen LogP contribution in [0, 0.1) is 22.7 Å². The molecule has 30 heavy (non-hydrogen) atoms. The second kappa shape index (κ2) is 8.41. The van der Waals surface area contributed by atoms with Gasteiger partial charge in [0.1, 0.15) is 11.6 Å². The molecular formula is C19H19ClN10. The van der Waals surface area contributed by atoms with Crippen LogP contribution >= 0.6 is 11.6 Å². The quantitative estimate of drug-likeness (QED) is 0.565. The van der Waals surface area contributed by atoms with Crippen LogP contribution in [0.5, 0.6) is 0 Å². The molecule has 0 amide bonds. The highest BCUT2D eigenvalue weighted by Crippen LogP contribution is 2.36. The molecule has 0 bridgehead atoms. The molecule has 0 unspecified atom stereocenters. The molecule has 1 aliphatic rings. The van der Waals surface area contributed by atoms with Crippen molar-refractivity contribution >= 4 is 40.5 Å². The topological polar surface area (TPSA) is 130 Å². The highest BCUT2D eigenvalue weighted by atomic mass is 35.5. The van der Waals surface area contributed by atoms with Crippen molar-refractivity contribution < 1.29 is 0 Å². The van der Waals surface area contributed by atoms with Gasteiger partial charge in [0, 0.05) is 32.7 Å². The summed E-state index contributed by atoms with van der Waals surface area (Å²) in [5.74, 6) is 0.695. The Labute approximate surface area is 178 Å². The molecular weight excluding hydrogens is 404 g/mol. The normalized spacial score (nSPS) is 13.7. The molecule has 3 aromatic rings. The van der Waals surface area contributed by atoms with E-state index in [2.05, 4.69) is 48.1 Å². The maximum Gasteiger partial charge on any atom is 0.232 e. The molecule has 152 valence electrons. The molecule has 4 rings (SSSR count). The van der Waals surface area contributed by atoms with E-state index in [0.717, 1.165) is 31.9 Å². The first kappa shape index (κ1) is 19.7. The molecule has 0 aliphatic carbocycles. The highest BCUT2D eigenvalue weighted by molar-refractivity contribution is 6.36. The summed E-state index contributed by atoms with van der Waals surface area (Å²) in [7, 11) is 0. The number of benzene rings is 1. The Hall–Kier alpha value is -3.60. The lowest BCUT2D eigenvalue weighted by atomic mass is 10.1. The Morgan fingerprint density at radius 2 is 2.00 bits per heavy atom. The largest absolute Gasteiger partial charge is 0.368 e. The van der Waals surface area contributed by atoms with Gasteiger partial charge in [-0.25, -0.2) is 0 Å². The van der Waals surface area contributed by atoms with Crippen LogP contribution in [-0.2, 0) is 0 Å². The fraction of sp³-hybridized carbons (Fsp3) is 0.316. The van der Waals surface area contributed by atoms with Gasteiger partial charge < -0.3 is 20.9 Å². The van der Waals surface area contributed by atoms with Gasteiger partial charge in [-0.05, 0) is 19.1 Å². The number of nitrogens with zero attached hydrogens (tertiary/aromatic N) is 7. The molecule has 1 aromatic carbocycles. The van der Waals surface area contributed by atoms with Crippen LogP contribution in [0.15, 0.2) is 18.3 Å².